The second-order valence-electron chi connectivity index (χ2n) is 4.95. The van der Waals surface area contributed by atoms with Gasteiger partial charge in [-0.15, -0.1) is 11.8 Å². The molecular formula is C15H23N3OS. The Hall–Kier alpha value is -1.04. The highest BCUT2D eigenvalue weighted by Crippen LogP contribution is 2.18. The van der Waals surface area contributed by atoms with E-state index in [1.807, 2.05) is 30.3 Å². The van der Waals surface area contributed by atoms with E-state index < -0.39 is 0 Å². The molecule has 110 valence electrons. The number of rotatable bonds is 7. The number of unbranched alkanes of at least 4 members (excludes halogenated alkanes) is 3. The molecule has 1 fully saturated rings. The molecule has 2 rings (SSSR count). The van der Waals surface area contributed by atoms with Gasteiger partial charge in [-0.3, -0.25) is 4.79 Å². The molecule has 5 heteroatoms. The van der Waals surface area contributed by atoms with E-state index in [1.54, 1.807) is 11.8 Å². The van der Waals surface area contributed by atoms with E-state index in [2.05, 4.69) is 23.1 Å². The zero-order valence-corrected chi connectivity index (χ0v) is 12.7. The minimum Gasteiger partial charge on any atom is -0.329 e. The number of hydrogen-bond donors (Lipinski definition) is 3. The van der Waals surface area contributed by atoms with Gasteiger partial charge in [-0.1, -0.05) is 56.5 Å². The molecule has 0 saturated carbocycles. The number of thioether (sulfide) groups is 1. The molecule has 3 N–H and O–H groups in total. The van der Waals surface area contributed by atoms with Gasteiger partial charge in [0.15, 0.2) is 0 Å². The first kappa shape index (κ1) is 15.4. The fourth-order valence-electron chi connectivity index (χ4n) is 2.17. The average Bonchev–Trinajstić information content (AvgIpc) is 2.48. The van der Waals surface area contributed by atoms with Crippen LogP contribution in [0.2, 0.25) is 0 Å². The van der Waals surface area contributed by atoms with Crippen molar-refractivity contribution >= 4 is 17.7 Å². The number of benzene rings is 1. The molecule has 0 aliphatic carbocycles. The molecule has 1 saturated heterocycles. The van der Waals surface area contributed by atoms with E-state index in [-0.39, 0.29) is 17.4 Å². The van der Waals surface area contributed by atoms with Crippen molar-refractivity contribution in [3.63, 3.8) is 0 Å². The van der Waals surface area contributed by atoms with Crippen LogP contribution in [0.5, 0.6) is 0 Å². The van der Waals surface area contributed by atoms with E-state index in [0.29, 0.717) is 0 Å². The Kier molecular flexibility index (Phi) is 6.36. The molecule has 0 radical (unpaired) electrons. The Morgan fingerprint density at radius 3 is 2.60 bits per heavy atom. The molecule has 1 aromatic rings. The Bertz CT molecular complexity index is 413. The topological polar surface area (TPSA) is 53.2 Å². The molecule has 0 bridgehead atoms. The molecule has 20 heavy (non-hydrogen) atoms. The average molecular weight is 293 g/mol. The van der Waals surface area contributed by atoms with Crippen LogP contribution in [0, 0.1) is 0 Å². The van der Waals surface area contributed by atoms with Gasteiger partial charge < -0.3 is 5.32 Å². The lowest BCUT2D eigenvalue weighted by Gasteiger charge is -2.31. The predicted molar refractivity (Wildman–Crippen MR) is 84.0 cm³/mol. The van der Waals surface area contributed by atoms with Crippen LogP contribution in [0.3, 0.4) is 0 Å². The van der Waals surface area contributed by atoms with Gasteiger partial charge in [0.05, 0.1) is 0 Å². The second-order valence-corrected chi connectivity index (χ2v) is 6.17. The molecule has 1 aliphatic heterocycles. The molecular weight excluding hydrogens is 270 g/mol. The predicted octanol–water partition coefficient (Wildman–Crippen LogP) is 2.55. The van der Waals surface area contributed by atoms with Gasteiger partial charge in [0.25, 0.3) is 0 Å². The number of hydrogen-bond acceptors (Lipinski definition) is 4. The monoisotopic (exact) mass is 293 g/mol. The van der Waals surface area contributed by atoms with Crippen molar-refractivity contribution in [2.75, 3.05) is 5.75 Å². The van der Waals surface area contributed by atoms with Gasteiger partial charge in [-0.05, 0) is 17.7 Å². The minimum atomic E-state index is -0.312. The van der Waals surface area contributed by atoms with Crippen molar-refractivity contribution in [2.45, 2.75) is 44.1 Å². The summed E-state index contributed by atoms with van der Waals surface area (Å²) in [7, 11) is 0. The van der Waals surface area contributed by atoms with Gasteiger partial charge in [0, 0.05) is 0 Å². The molecule has 1 aliphatic rings. The summed E-state index contributed by atoms with van der Waals surface area (Å²) in [5.74, 6) is 1.09. The fourth-order valence-corrected chi connectivity index (χ4v) is 3.12. The van der Waals surface area contributed by atoms with E-state index in [0.717, 1.165) is 11.3 Å². The summed E-state index contributed by atoms with van der Waals surface area (Å²) in [6.07, 6.45) is 5.02. The summed E-state index contributed by atoms with van der Waals surface area (Å²) in [6, 6.07) is 9.44. The summed E-state index contributed by atoms with van der Waals surface area (Å²) >= 11 is 1.74. The maximum Gasteiger partial charge on any atom is 0.244 e. The van der Waals surface area contributed by atoms with Crippen LogP contribution in [-0.2, 0) is 4.79 Å². The zero-order valence-electron chi connectivity index (χ0n) is 11.9. The molecule has 2 atom stereocenters. The Balaban J connectivity index is 1.74. The third kappa shape index (κ3) is 4.51. The number of nitrogens with one attached hydrogen (secondary N) is 3. The Morgan fingerprint density at radius 2 is 1.90 bits per heavy atom. The van der Waals surface area contributed by atoms with Gasteiger partial charge in [-0.25, -0.2) is 10.9 Å². The maximum atomic E-state index is 12.1. The Labute approximate surface area is 125 Å². The first-order chi connectivity index (χ1) is 9.81. The highest BCUT2D eigenvalue weighted by atomic mass is 32.2. The van der Waals surface area contributed by atoms with Crippen LogP contribution in [-0.4, -0.2) is 17.2 Å². The summed E-state index contributed by atoms with van der Waals surface area (Å²) in [6.45, 7) is 2.21. The van der Waals surface area contributed by atoms with Crippen molar-refractivity contribution in [3.05, 3.63) is 35.9 Å². The van der Waals surface area contributed by atoms with Crippen LogP contribution in [0.1, 0.15) is 44.2 Å². The SMILES string of the molecule is CCCCCCSC1NNC(c2ccccc2)C(=O)N1. The number of amides is 1. The van der Waals surface area contributed by atoms with E-state index in [1.165, 1.54) is 25.7 Å². The zero-order chi connectivity index (χ0) is 14.2. The van der Waals surface area contributed by atoms with Crippen molar-refractivity contribution in [1.82, 2.24) is 16.2 Å². The lowest BCUT2D eigenvalue weighted by molar-refractivity contribution is -0.125. The van der Waals surface area contributed by atoms with E-state index >= 15 is 0 Å². The van der Waals surface area contributed by atoms with Gasteiger partial charge >= 0.3 is 0 Å². The van der Waals surface area contributed by atoms with E-state index in [4.69, 9.17) is 0 Å². The standard InChI is InChI=1S/C15H23N3OS/c1-2-3-4-8-11-20-15-16-14(19)13(17-18-15)12-9-6-5-7-10-12/h5-7,9-10,13,15,17-18H,2-4,8,11H2,1H3,(H,16,19). The highest BCUT2D eigenvalue weighted by Gasteiger charge is 2.28. The maximum absolute atomic E-state index is 12.1. The number of carbonyl (C=O) groups excluding carboxylic acids is 1. The normalized spacial score (nSPS) is 22.6. The minimum absolute atomic E-state index is 0.0287. The Morgan fingerprint density at radius 1 is 1.10 bits per heavy atom. The quantitative estimate of drug-likeness (QED) is 0.676. The summed E-state index contributed by atoms with van der Waals surface area (Å²) in [5, 5.41) is 3.01. The number of carbonyl (C=O) groups is 1. The van der Waals surface area contributed by atoms with E-state index in [9.17, 15) is 4.79 Å². The summed E-state index contributed by atoms with van der Waals surface area (Å²) in [5.41, 5.74) is 7.21. The first-order valence-corrected chi connectivity index (χ1v) is 8.34. The molecule has 2 unspecified atom stereocenters. The van der Waals surface area contributed by atoms with Crippen LogP contribution in [0.4, 0.5) is 0 Å². The first-order valence-electron chi connectivity index (χ1n) is 7.29. The lowest BCUT2D eigenvalue weighted by Crippen LogP contribution is -2.60. The van der Waals surface area contributed by atoms with Crippen LogP contribution >= 0.6 is 11.8 Å². The highest BCUT2D eigenvalue weighted by molar-refractivity contribution is 7.99. The molecule has 1 aromatic carbocycles. The summed E-state index contributed by atoms with van der Waals surface area (Å²) < 4.78 is 0. The molecule has 1 amide bonds. The van der Waals surface area contributed by atoms with Crippen molar-refractivity contribution in [3.8, 4) is 0 Å². The van der Waals surface area contributed by atoms with Crippen molar-refractivity contribution in [1.29, 1.82) is 0 Å². The van der Waals surface area contributed by atoms with Gasteiger partial charge in [0.2, 0.25) is 5.91 Å². The number of hydrazine groups is 1. The van der Waals surface area contributed by atoms with Crippen molar-refractivity contribution in [2.24, 2.45) is 0 Å². The van der Waals surface area contributed by atoms with Gasteiger partial charge in [-0.2, -0.15) is 0 Å². The third-order valence-electron chi connectivity index (χ3n) is 3.31. The fraction of sp³-hybridized carbons (Fsp3) is 0.533. The second kappa shape index (κ2) is 8.29. The largest absolute Gasteiger partial charge is 0.329 e. The molecule has 0 aromatic heterocycles. The van der Waals surface area contributed by atoms with Crippen molar-refractivity contribution < 1.29 is 4.79 Å². The van der Waals surface area contributed by atoms with Crippen LogP contribution in [0.25, 0.3) is 0 Å². The molecule has 4 nitrogen and oxygen atoms in total. The lowest BCUT2D eigenvalue weighted by atomic mass is 10.1. The summed E-state index contributed by atoms with van der Waals surface area (Å²) in [4.78, 5) is 12.1. The van der Waals surface area contributed by atoms with Crippen LogP contribution in [0.15, 0.2) is 30.3 Å². The molecule has 0 spiro atoms. The smallest absolute Gasteiger partial charge is 0.244 e. The third-order valence-corrected chi connectivity index (χ3v) is 4.40. The van der Waals surface area contributed by atoms with Crippen LogP contribution < -0.4 is 16.2 Å². The van der Waals surface area contributed by atoms with Gasteiger partial charge in [0.1, 0.15) is 11.5 Å². The molecule has 1 heterocycles.